The van der Waals surface area contributed by atoms with Crippen LogP contribution in [-0.4, -0.2) is 17.7 Å². The SMILES string of the molecule is Cc1ccc(C(=O)c2ccccc2C(=O)O[C@H](C(N)=O)c2ccccc2)cc1. The molecule has 140 valence electrons. The number of nitrogens with two attached hydrogens (primary N) is 1. The second-order valence-electron chi connectivity index (χ2n) is 6.34. The summed E-state index contributed by atoms with van der Waals surface area (Å²) >= 11 is 0. The molecule has 0 fully saturated rings. The summed E-state index contributed by atoms with van der Waals surface area (Å²) in [5, 5.41) is 0. The third kappa shape index (κ3) is 4.15. The predicted molar refractivity (Wildman–Crippen MR) is 105 cm³/mol. The molecule has 1 atom stereocenters. The monoisotopic (exact) mass is 373 g/mol. The van der Waals surface area contributed by atoms with E-state index in [-0.39, 0.29) is 16.9 Å². The standard InChI is InChI=1S/C23H19NO4/c1-15-11-13-16(14-12-15)20(25)18-9-5-6-10-19(18)23(27)28-21(22(24)26)17-7-3-2-4-8-17/h2-14,21H,1H3,(H2,24,26)/t21-/m0/s1. The molecule has 3 aromatic rings. The average Bonchev–Trinajstić information content (AvgIpc) is 2.72. The third-order valence-electron chi connectivity index (χ3n) is 4.29. The first kappa shape index (κ1) is 19.0. The van der Waals surface area contributed by atoms with Crippen LogP contribution in [0.25, 0.3) is 0 Å². The van der Waals surface area contributed by atoms with Gasteiger partial charge in [-0.3, -0.25) is 9.59 Å². The van der Waals surface area contributed by atoms with Gasteiger partial charge in [-0.1, -0.05) is 78.4 Å². The van der Waals surface area contributed by atoms with Crippen LogP contribution < -0.4 is 5.73 Å². The summed E-state index contributed by atoms with van der Waals surface area (Å²) in [6, 6.07) is 21.9. The maximum absolute atomic E-state index is 12.9. The number of ether oxygens (including phenoxy) is 1. The fourth-order valence-corrected chi connectivity index (χ4v) is 2.81. The molecule has 0 aliphatic heterocycles. The summed E-state index contributed by atoms with van der Waals surface area (Å²) in [6.07, 6.45) is -1.24. The number of primary amides is 1. The van der Waals surface area contributed by atoms with Crippen molar-refractivity contribution in [3.8, 4) is 0 Å². The number of carbonyl (C=O) groups excluding carboxylic acids is 3. The number of benzene rings is 3. The van der Waals surface area contributed by atoms with E-state index in [0.29, 0.717) is 11.1 Å². The molecule has 0 aliphatic rings. The summed E-state index contributed by atoms with van der Waals surface area (Å²) in [4.78, 5) is 37.5. The number of amides is 1. The van der Waals surface area contributed by atoms with Crippen molar-refractivity contribution in [2.45, 2.75) is 13.0 Å². The number of carbonyl (C=O) groups is 3. The normalized spacial score (nSPS) is 11.5. The van der Waals surface area contributed by atoms with Crippen molar-refractivity contribution in [3.05, 3.63) is 107 Å². The van der Waals surface area contributed by atoms with Gasteiger partial charge in [0.15, 0.2) is 5.78 Å². The zero-order chi connectivity index (χ0) is 20.1. The molecule has 0 bridgehead atoms. The number of rotatable bonds is 6. The Bertz CT molecular complexity index is 1010. The van der Waals surface area contributed by atoms with E-state index in [4.69, 9.17) is 10.5 Å². The second-order valence-corrected chi connectivity index (χ2v) is 6.34. The summed E-state index contributed by atoms with van der Waals surface area (Å²) in [6.45, 7) is 1.92. The van der Waals surface area contributed by atoms with Crippen molar-refractivity contribution in [2.24, 2.45) is 5.73 Å². The molecule has 3 rings (SSSR count). The quantitative estimate of drug-likeness (QED) is 0.528. The molecule has 0 spiro atoms. The highest BCUT2D eigenvalue weighted by atomic mass is 16.5. The molecule has 0 saturated carbocycles. The fraction of sp³-hybridized carbons (Fsp3) is 0.0870. The summed E-state index contributed by atoms with van der Waals surface area (Å²) in [5.74, 6) is -1.88. The van der Waals surface area contributed by atoms with Crippen molar-refractivity contribution in [1.29, 1.82) is 0 Å². The first-order chi connectivity index (χ1) is 13.5. The number of ketones is 1. The molecule has 28 heavy (non-hydrogen) atoms. The minimum Gasteiger partial charge on any atom is -0.444 e. The molecule has 1 amide bonds. The zero-order valence-corrected chi connectivity index (χ0v) is 15.3. The van der Waals surface area contributed by atoms with Crippen LogP contribution in [0.4, 0.5) is 0 Å². The molecular formula is C23H19NO4. The molecule has 0 aromatic heterocycles. The minimum atomic E-state index is -1.24. The molecule has 0 saturated heterocycles. The van der Waals surface area contributed by atoms with Gasteiger partial charge in [0.25, 0.3) is 5.91 Å². The highest BCUT2D eigenvalue weighted by Crippen LogP contribution is 2.22. The van der Waals surface area contributed by atoms with Gasteiger partial charge in [0.05, 0.1) is 5.56 Å². The molecule has 0 unspecified atom stereocenters. The van der Waals surface area contributed by atoms with E-state index in [2.05, 4.69) is 0 Å². The van der Waals surface area contributed by atoms with Crippen LogP contribution in [0, 0.1) is 6.92 Å². The van der Waals surface area contributed by atoms with Crippen LogP contribution >= 0.6 is 0 Å². The van der Waals surface area contributed by atoms with Gasteiger partial charge in [0, 0.05) is 16.7 Å². The van der Waals surface area contributed by atoms with Gasteiger partial charge in [-0.05, 0) is 13.0 Å². The Balaban J connectivity index is 1.91. The van der Waals surface area contributed by atoms with E-state index in [0.717, 1.165) is 5.56 Å². The van der Waals surface area contributed by atoms with E-state index in [1.54, 1.807) is 60.7 Å². The third-order valence-corrected chi connectivity index (χ3v) is 4.29. The van der Waals surface area contributed by atoms with Gasteiger partial charge in [0.2, 0.25) is 6.10 Å². The Morgan fingerprint density at radius 3 is 1.96 bits per heavy atom. The Kier molecular flexibility index (Phi) is 5.65. The minimum absolute atomic E-state index is 0.0789. The molecule has 3 aromatic carbocycles. The van der Waals surface area contributed by atoms with Crippen LogP contribution in [0.2, 0.25) is 0 Å². The van der Waals surface area contributed by atoms with Gasteiger partial charge in [-0.25, -0.2) is 4.79 Å². The first-order valence-electron chi connectivity index (χ1n) is 8.73. The van der Waals surface area contributed by atoms with Gasteiger partial charge < -0.3 is 10.5 Å². The van der Waals surface area contributed by atoms with Gasteiger partial charge in [-0.2, -0.15) is 0 Å². The first-order valence-corrected chi connectivity index (χ1v) is 8.73. The summed E-state index contributed by atoms with van der Waals surface area (Å²) < 4.78 is 5.36. The van der Waals surface area contributed by atoms with E-state index in [1.165, 1.54) is 6.07 Å². The van der Waals surface area contributed by atoms with Crippen molar-refractivity contribution in [2.75, 3.05) is 0 Å². The summed E-state index contributed by atoms with van der Waals surface area (Å²) in [7, 11) is 0. The van der Waals surface area contributed by atoms with Crippen molar-refractivity contribution < 1.29 is 19.1 Å². The smallest absolute Gasteiger partial charge is 0.340 e. The average molecular weight is 373 g/mol. The van der Waals surface area contributed by atoms with Crippen molar-refractivity contribution in [3.63, 3.8) is 0 Å². The number of hydrogen-bond acceptors (Lipinski definition) is 4. The molecular weight excluding hydrogens is 354 g/mol. The lowest BCUT2D eigenvalue weighted by atomic mass is 9.97. The lowest BCUT2D eigenvalue weighted by molar-refractivity contribution is -0.127. The Hall–Kier alpha value is -3.73. The van der Waals surface area contributed by atoms with Gasteiger partial charge in [-0.15, -0.1) is 0 Å². The molecule has 0 heterocycles. The fourth-order valence-electron chi connectivity index (χ4n) is 2.81. The van der Waals surface area contributed by atoms with Crippen LogP contribution in [0.5, 0.6) is 0 Å². The Morgan fingerprint density at radius 2 is 1.36 bits per heavy atom. The second kappa shape index (κ2) is 8.31. The molecule has 2 N–H and O–H groups in total. The lowest BCUT2D eigenvalue weighted by Gasteiger charge is -2.16. The molecule has 0 aliphatic carbocycles. The number of esters is 1. The summed E-state index contributed by atoms with van der Waals surface area (Å²) in [5.41, 5.74) is 7.64. The molecule has 0 radical (unpaired) electrons. The Labute approximate surface area is 162 Å². The van der Waals surface area contributed by atoms with Crippen LogP contribution in [0.3, 0.4) is 0 Å². The number of hydrogen-bond donors (Lipinski definition) is 1. The largest absolute Gasteiger partial charge is 0.444 e. The van der Waals surface area contributed by atoms with Crippen molar-refractivity contribution in [1.82, 2.24) is 0 Å². The highest BCUT2D eigenvalue weighted by molar-refractivity contribution is 6.14. The van der Waals surface area contributed by atoms with E-state index in [9.17, 15) is 14.4 Å². The van der Waals surface area contributed by atoms with E-state index in [1.807, 2.05) is 19.1 Å². The lowest BCUT2D eigenvalue weighted by Crippen LogP contribution is -2.26. The van der Waals surface area contributed by atoms with Crippen molar-refractivity contribution >= 4 is 17.7 Å². The number of aryl methyl sites for hydroxylation is 1. The van der Waals surface area contributed by atoms with E-state index >= 15 is 0 Å². The topological polar surface area (TPSA) is 86.5 Å². The van der Waals surface area contributed by atoms with Crippen LogP contribution in [0.15, 0.2) is 78.9 Å². The molecule has 5 heteroatoms. The maximum Gasteiger partial charge on any atom is 0.340 e. The van der Waals surface area contributed by atoms with Gasteiger partial charge in [0.1, 0.15) is 0 Å². The Morgan fingerprint density at radius 1 is 0.786 bits per heavy atom. The van der Waals surface area contributed by atoms with Crippen LogP contribution in [0.1, 0.15) is 43.5 Å². The molecule has 5 nitrogen and oxygen atoms in total. The maximum atomic E-state index is 12.9. The predicted octanol–water partition coefficient (Wildman–Crippen LogP) is 3.61. The van der Waals surface area contributed by atoms with Gasteiger partial charge >= 0.3 is 5.97 Å². The van der Waals surface area contributed by atoms with E-state index < -0.39 is 18.0 Å². The zero-order valence-electron chi connectivity index (χ0n) is 15.3. The highest BCUT2D eigenvalue weighted by Gasteiger charge is 2.26. The van der Waals surface area contributed by atoms with Crippen LogP contribution in [-0.2, 0) is 9.53 Å².